The molecule has 0 saturated heterocycles. The highest BCUT2D eigenvalue weighted by Gasteiger charge is 2.14. The Morgan fingerprint density at radius 2 is 1.57 bits per heavy atom. The van der Waals surface area contributed by atoms with Gasteiger partial charge < -0.3 is 5.32 Å². The summed E-state index contributed by atoms with van der Waals surface area (Å²) in [6, 6.07) is 12.0. The van der Waals surface area contributed by atoms with Gasteiger partial charge in [-0.15, -0.1) is 0 Å². The summed E-state index contributed by atoms with van der Waals surface area (Å²) in [5.41, 5.74) is 5.63. The predicted molar refractivity (Wildman–Crippen MR) is 95.7 cm³/mol. The van der Waals surface area contributed by atoms with Gasteiger partial charge in [0.1, 0.15) is 0 Å². The molecule has 2 aromatic rings. The maximum Gasteiger partial charge on any atom is 0.251 e. The summed E-state index contributed by atoms with van der Waals surface area (Å²) < 4.78 is 1.13. The zero-order valence-electron chi connectivity index (χ0n) is 12.8. The predicted octanol–water partition coefficient (Wildman–Crippen LogP) is 4.71. The number of halogens is 1. The third-order valence-electron chi connectivity index (χ3n) is 3.80. The van der Waals surface area contributed by atoms with Crippen molar-refractivity contribution in [2.75, 3.05) is 0 Å². The van der Waals surface area contributed by atoms with Gasteiger partial charge in [-0.05, 0) is 96.8 Å². The first-order valence-electron chi connectivity index (χ1n) is 7.02. The molecular formula is C18H20INO. The van der Waals surface area contributed by atoms with Gasteiger partial charge in [0.15, 0.2) is 0 Å². The van der Waals surface area contributed by atoms with Crippen molar-refractivity contribution in [3.63, 3.8) is 0 Å². The van der Waals surface area contributed by atoms with E-state index in [-0.39, 0.29) is 11.9 Å². The average molecular weight is 393 g/mol. The van der Waals surface area contributed by atoms with Gasteiger partial charge in [0.2, 0.25) is 0 Å². The standard InChI is InChI=1S/C18H20INO/c1-11-9-13(3)17(10-12(11)2)14(4)20-18(21)15-5-7-16(19)8-6-15/h5-10,14H,1-4H3,(H,20,21)/t14-/m0/s1. The van der Waals surface area contributed by atoms with Crippen LogP contribution < -0.4 is 5.32 Å². The van der Waals surface area contributed by atoms with E-state index >= 15 is 0 Å². The van der Waals surface area contributed by atoms with Gasteiger partial charge in [-0.3, -0.25) is 4.79 Å². The summed E-state index contributed by atoms with van der Waals surface area (Å²) in [7, 11) is 0. The van der Waals surface area contributed by atoms with Crippen molar-refractivity contribution < 1.29 is 4.79 Å². The number of carbonyl (C=O) groups excluding carboxylic acids is 1. The lowest BCUT2D eigenvalue weighted by atomic mass is 9.96. The van der Waals surface area contributed by atoms with Crippen LogP contribution in [0.25, 0.3) is 0 Å². The SMILES string of the molecule is Cc1cc(C)c([C@H](C)NC(=O)c2ccc(I)cc2)cc1C. The molecule has 2 rings (SSSR count). The van der Waals surface area contributed by atoms with Crippen LogP contribution in [-0.2, 0) is 0 Å². The van der Waals surface area contributed by atoms with Crippen LogP contribution >= 0.6 is 22.6 Å². The van der Waals surface area contributed by atoms with Crippen LogP contribution in [0, 0.1) is 24.3 Å². The van der Waals surface area contributed by atoms with Gasteiger partial charge in [-0.1, -0.05) is 12.1 Å². The Morgan fingerprint density at radius 1 is 1.00 bits per heavy atom. The Labute approximate surface area is 140 Å². The summed E-state index contributed by atoms with van der Waals surface area (Å²) in [4.78, 5) is 12.3. The summed E-state index contributed by atoms with van der Waals surface area (Å²) in [5, 5.41) is 3.08. The van der Waals surface area contributed by atoms with Crippen LogP contribution in [0.3, 0.4) is 0 Å². The third kappa shape index (κ3) is 3.84. The second-order valence-electron chi connectivity index (χ2n) is 5.50. The van der Waals surface area contributed by atoms with E-state index in [1.54, 1.807) is 0 Å². The molecule has 0 spiro atoms. The van der Waals surface area contributed by atoms with Crippen molar-refractivity contribution in [1.29, 1.82) is 0 Å². The summed E-state index contributed by atoms with van der Waals surface area (Å²) >= 11 is 2.23. The van der Waals surface area contributed by atoms with Crippen LogP contribution in [0.15, 0.2) is 36.4 Å². The fourth-order valence-corrected chi connectivity index (χ4v) is 2.77. The second kappa shape index (κ2) is 6.60. The summed E-state index contributed by atoms with van der Waals surface area (Å²) in [6.07, 6.45) is 0. The van der Waals surface area contributed by atoms with E-state index in [0.29, 0.717) is 5.56 Å². The molecule has 0 heterocycles. The number of amides is 1. The fourth-order valence-electron chi connectivity index (χ4n) is 2.41. The minimum Gasteiger partial charge on any atom is -0.346 e. The van der Waals surface area contributed by atoms with Crippen molar-refractivity contribution in [3.8, 4) is 0 Å². The topological polar surface area (TPSA) is 29.1 Å². The Hall–Kier alpha value is -1.36. The molecule has 21 heavy (non-hydrogen) atoms. The maximum absolute atomic E-state index is 12.3. The van der Waals surface area contributed by atoms with Crippen molar-refractivity contribution >= 4 is 28.5 Å². The summed E-state index contributed by atoms with van der Waals surface area (Å²) in [6.45, 7) is 8.34. The molecule has 2 nitrogen and oxygen atoms in total. The number of aryl methyl sites for hydroxylation is 3. The molecule has 1 amide bonds. The molecule has 0 radical (unpaired) electrons. The Balaban J connectivity index is 2.18. The van der Waals surface area contributed by atoms with Gasteiger partial charge in [0, 0.05) is 9.13 Å². The molecule has 0 aromatic heterocycles. The van der Waals surface area contributed by atoms with Crippen LogP contribution in [-0.4, -0.2) is 5.91 Å². The molecule has 0 saturated carbocycles. The van der Waals surface area contributed by atoms with Gasteiger partial charge in [-0.2, -0.15) is 0 Å². The van der Waals surface area contributed by atoms with E-state index in [1.165, 1.54) is 22.3 Å². The Kier molecular flexibility index (Phi) is 5.04. The minimum absolute atomic E-state index is 0.00363. The van der Waals surface area contributed by atoms with Crippen molar-refractivity contribution in [3.05, 3.63) is 67.8 Å². The van der Waals surface area contributed by atoms with E-state index in [2.05, 4.69) is 60.8 Å². The number of hydrogen-bond acceptors (Lipinski definition) is 1. The fraction of sp³-hybridized carbons (Fsp3) is 0.278. The normalized spacial score (nSPS) is 12.0. The molecule has 0 aliphatic rings. The van der Waals surface area contributed by atoms with Crippen LogP contribution in [0.2, 0.25) is 0 Å². The molecule has 0 aliphatic carbocycles. The first kappa shape index (κ1) is 16.0. The van der Waals surface area contributed by atoms with E-state index < -0.39 is 0 Å². The zero-order chi connectivity index (χ0) is 15.6. The van der Waals surface area contributed by atoms with Gasteiger partial charge in [0.25, 0.3) is 5.91 Å². The first-order chi connectivity index (χ1) is 9.88. The Bertz CT molecular complexity index is 662. The highest BCUT2D eigenvalue weighted by molar-refractivity contribution is 14.1. The van der Waals surface area contributed by atoms with Gasteiger partial charge in [0.05, 0.1) is 6.04 Å². The molecule has 0 bridgehead atoms. The average Bonchev–Trinajstić information content (AvgIpc) is 2.43. The molecule has 0 fully saturated rings. The molecule has 110 valence electrons. The quantitative estimate of drug-likeness (QED) is 0.753. The highest BCUT2D eigenvalue weighted by atomic mass is 127. The first-order valence-corrected chi connectivity index (χ1v) is 8.10. The molecule has 2 aromatic carbocycles. The molecule has 3 heteroatoms. The zero-order valence-corrected chi connectivity index (χ0v) is 15.0. The molecule has 1 N–H and O–H groups in total. The van der Waals surface area contributed by atoms with Crippen molar-refractivity contribution in [2.24, 2.45) is 0 Å². The number of hydrogen-bond donors (Lipinski definition) is 1. The Morgan fingerprint density at radius 3 is 2.19 bits per heavy atom. The lowest BCUT2D eigenvalue weighted by Gasteiger charge is -2.18. The van der Waals surface area contributed by atoms with E-state index in [4.69, 9.17) is 0 Å². The van der Waals surface area contributed by atoms with Crippen LogP contribution in [0.1, 0.15) is 45.6 Å². The van der Waals surface area contributed by atoms with Crippen LogP contribution in [0.4, 0.5) is 0 Å². The third-order valence-corrected chi connectivity index (χ3v) is 4.52. The smallest absolute Gasteiger partial charge is 0.251 e. The molecule has 0 aliphatic heterocycles. The summed E-state index contributed by atoms with van der Waals surface area (Å²) in [5.74, 6) is -0.0310. The van der Waals surface area contributed by atoms with Crippen LogP contribution in [0.5, 0.6) is 0 Å². The number of rotatable bonds is 3. The van der Waals surface area contributed by atoms with Gasteiger partial charge >= 0.3 is 0 Å². The number of carbonyl (C=O) groups is 1. The molecule has 0 unspecified atom stereocenters. The number of nitrogens with one attached hydrogen (secondary N) is 1. The number of benzene rings is 2. The largest absolute Gasteiger partial charge is 0.346 e. The van der Waals surface area contributed by atoms with Crippen molar-refractivity contribution in [2.45, 2.75) is 33.7 Å². The highest BCUT2D eigenvalue weighted by Crippen LogP contribution is 2.22. The second-order valence-corrected chi connectivity index (χ2v) is 6.74. The van der Waals surface area contributed by atoms with E-state index in [0.717, 1.165) is 3.57 Å². The lowest BCUT2D eigenvalue weighted by molar-refractivity contribution is 0.0940. The van der Waals surface area contributed by atoms with Gasteiger partial charge in [-0.25, -0.2) is 0 Å². The maximum atomic E-state index is 12.3. The minimum atomic E-state index is -0.0310. The van der Waals surface area contributed by atoms with E-state index in [1.807, 2.05) is 31.2 Å². The monoisotopic (exact) mass is 393 g/mol. The lowest BCUT2D eigenvalue weighted by Crippen LogP contribution is -2.27. The molecular weight excluding hydrogens is 373 g/mol. The van der Waals surface area contributed by atoms with E-state index in [9.17, 15) is 4.79 Å². The van der Waals surface area contributed by atoms with Crippen molar-refractivity contribution in [1.82, 2.24) is 5.32 Å². The molecule has 1 atom stereocenters.